The highest BCUT2D eigenvalue weighted by molar-refractivity contribution is 7.89. The third-order valence-corrected chi connectivity index (χ3v) is 5.37. The summed E-state index contributed by atoms with van der Waals surface area (Å²) in [6.07, 6.45) is 2.08. The maximum absolute atomic E-state index is 11.8. The zero-order valence-corrected chi connectivity index (χ0v) is 10.3. The smallest absolute Gasteiger partial charge is 0.212 e. The molecule has 14 heavy (non-hydrogen) atoms. The number of sulfonamides is 1. The molecule has 1 aliphatic heterocycles. The molecule has 1 rings (SSSR count). The van der Waals surface area contributed by atoms with Crippen molar-refractivity contribution in [3.05, 3.63) is 0 Å². The predicted molar refractivity (Wildman–Crippen MR) is 59.1 cm³/mol. The summed E-state index contributed by atoms with van der Waals surface area (Å²) in [5, 5.41) is 0. The summed E-state index contributed by atoms with van der Waals surface area (Å²) in [7, 11) is -3.11. The Hall–Kier alpha value is 0.200. The van der Waals surface area contributed by atoms with Crippen LogP contribution in [0.1, 0.15) is 26.7 Å². The first-order valence-corrected chi connectivity index (χ1v) is 7.19. The van der Waals surface area contributed by atoms with Gasteiger partial charge in [-0.15, -0.1) is 11.6 Å². The number of alkyl halides is 1. The first kappa shape index (κ1) is 12.3. The zero-order chi connectivity index (χ0) is 10.8. The van der Waals surface area contributed by atoms with Gasteiger partial charge in [0.05, 0.1) is 5.75 Å². The van der Waals surface area contributed by atoms with Crippen LogP contribution >= 0.6 is 11.6 Å². The maximum Gasteiger partial charge on any atom is 0.215 e. The van der Waals surface area contributed by atoms with Crippen LogP contribution in [0.3, 0.4) is 0 Å². The maximum atomic E-state index is 11.8. The Morgan fingerprint density at radius 2 is 2.07 bits per heavy atom. The van der Waals surface area contributed by atoms with Gasteiger partial charge >= 0.3 is 0 Å². The minimum atomic E-state index is -3.11. The lowest BCUT2D eigenvalue weighted by Crippen LogP contribution is -2.47. The van der Waals surface area contributed by atoms with E-state index in [9.17, 15) is 8.42 Å². The Labute approximate surface area is 91.5 Å². The first-order valence-electron chi connectivity index (χ1n) is 5.04. The minimum absolute atomic E-state index is 0.0611. The van der Waals surface area contributed by atoms with Crippen LogP contribution in [-0.4, -0.2) is 36.9 Å². The molecular formula is C9H18ClNO2S. The van der Waals surface area contributed by atoms with Crippen LogP contribution in [0.2, 0.25) is 0 Å². The molecule has 0 aromatic heterocycles. The van der Waals surface area contributed by atoms with Gasteiger partial charge in [0.15, 0.2) is 0 Å². The molecule has 0 aliphatic carbocycles. The van der Waals surface area contributed by atoms with Gasteiger partial charge in [-0.1, -0.05) is 6.92 Å². The molecule has 84 valence electrons. The molecular weight excluding hydrogens is 222 g/mol. The monoisotopic (exact) mass is 239 g/mol. The van der Waals surface area contributed by atoms with Crippen LogP contribution in [0, 0.1) is 5.92 Å². The van der Waals surface area contributed by atoms with Crippen LogP contribution < -0.4 is 0 Å². The topological polar surface area (TPSA) is 37.4 Å². The quantitative estimate of drug-likeness (QED) is 0.703. The third-order valence-electron chi connectivity index (χ3n) is 3.01. The molecule has 2 unspecified atom stereocenters. The van der Waals surface area contributed by atoms with E-state index in [0.29, 0.717) is 12.5 Å². The van der Waals surface area contributed by atoms with Crippen molar-refractivity contribution in [2.75, 3.05) is 18.2 Å². The number of hydrogen-bond donors (Lipinski definition) is 0. The molecule has 0 N–H and O–H groups in total. The Bertz CT molecular complexity index is 279. The van der Waals surface area contributed by atoms with Crippen molar-refractivity contribution < 1.29 is 8.42 Å². The summed E-state index contributed by atoms with van der Waals surface area (Å²) < 4.78 is 25.2. The minimum Gasteiger partial charge on any atom is -0.212 e. The predicted octanol–water partition coefficient (Wildman–Crippen LogP) is 1.68. The molecule has 0 aromatic carbocycles. The fraction of sp³-hybridized carbons (Fsp3) is 1.00. The van der Waals surface area contributed by atoms with E-state index in [1.807, 2.05) is 6.92 Å². The van der Waals surface area contributed by atoms with Crippen molar-refractivity contribution >= 4 is 21.6 Å². The summed E-state index contributed by atoms with van der Waals surface area (Å²) in [6.45, 7) is 4.74. The molecule has 5 heteroatoms. The second-order valence-electron chi connectivity index (χ2n) is 3.98. The van der Waals surface area contributed by atoms with Crippen LogP contribution in [0.25, 0.3) is 0 Å². The molecule has 3 nitrogen and oxygen atoms in total. The van der Waals surface area contributed by atoms with Crippen LogP contribution in [0.5, 0.6) is 0 Å². The molecule has 0 saturated carbocycles. The molecule has 2 atom stereocenters. The molecule has 0 radical (unpaired) electrons. The van der Waals surface area contributed by atoms with E-state index in [1.165, 1.54) is 0 Å². The van der Waals surface area contributed by atoms with Crippen molar-refractivity contribution in [3.8, 4) is 0 Å². The van der Waals surface area contributed by atoms with Gasteiger partial charge < -0.3 is 0 Å². The molecule has 0 bridgehead atoms. The summed E-state index contributed by atoms with van der Waals surface area (Å²) in [5.74, 6) is 0.694. The van der Waals surface area contributed by atoms with Gasteiger partial charge in [-0.25, -0.2) is 8.42 Å². The second kappa shape index (κ2) is 4.81. The van der Waals surface area contributed by atoms with E-state index in [1.54, 1.807) is 4.31 Å². The molecule has 1 heterocycles. The first-order chi connectivity index (χ1) is 6.49. The molecule has 1 aliphatic rings. The SMILES string of the molecule is CC1CCCN(S(=O)(=O)CCCl)C1C. The number of piperidine rings is 1. The van der Waals surface area contributed by atoms with E-state index < -0.39 is 10.0 Å². The lowest BCUT2D eigenvalue weighted by molar-refractivity contribution is 0.202. The summed E-state index contributed by atoms with van der Waals surface area (Å²) in [6, 6.07) is 0.122. The van der Waals surface area contributed by atoms with Gasteiger partial charge in [0.1, 0.15) is 0 Å². The largest absolute Gasteiger partial charge is 0.215 e. The average Bonchev–Trinajstić information content (AvgIpc) is 2.09. The zero-order valence-electron chi connectivity index (χ0n) is 8.74. The van der Waals surface area contributed by atoms with E-state index in [0.717, 1.165) is 12.8 Å². The summed E-state index contributed by atoms with van der Waals surface area (Å²) in [4.78, 5) is 0. The van der Waals surface area contributed by atoms with E-state index in [-0.39, 0.29) is 17.7 Å². The van der Waals surface area contributed by atoms with Crippen molar-refractivity contribution in [2.45, 2.75) is 32.7 Å². The van der Waals surface area contributed by atoms with E-state index in [4.69, 9.17) is 11.6 Å². The number of nitrogens with zero attached hydrogens (tertiary/aromatic N) is 1. The highest BCUT2D eigenvalue weighted by atomic mass is 35.5. The fourth-order valence-corrected chi connectivity index (χ4v) is 4.04. The lowest BCUT2D eigenvalue weighted by atomic mass is 9.94. The van der Waals surface area contributed by atoms with Gasteiger partial charge in [-0.2, -0.15) is 4.31 Å². The van der Waals surface area contributed by atoms with Gasteiger partial charge in [0.25, 0.3) is 0 Å². The van der Waals surface area contributed by atoms with E-state index in [2.05, 4.69) is 6.92 Å². The highest BCUT2D eigenvalue weighted by Gasteiger charge is 2.32. The van der Waals surface area contributed by atoms with Crippen LogP contribution in [-0.2, 0) is 10.0 Å². The van der Waals surface area contributed by atoms with Gasteiger partial charge in [0, 0.05) is 18.5 Å². The van der Waals surface area contributed by atoms with Crippen LogP contribution in [0.15, 0.2) is 0 Å². The van der Waals surface area contributed by atoms with Crippen molar-refractivity contribution in [1.29, 1.82) is 0 Å². The normalized spacial score (nSPS) is 30.5. The second-order valence-corrected chi connectivity index (χ2v) is 6.39. The standard InChI is InChI=1S/C9H18ClNO2S/c1-8-4-3-6-11(9(8)2)14(12,13)7-5-10/h8-9H,3-7H2,1-2H3. The molecule has 0 amide bonds. The number of hydrogen-bond acceptors (Lipinski definition) is 2. The van der Waals surface area contributed by atoms with Crippen LogP contribution in [0.4, 0.5) is 0 Å². The Morgan fingerprint density at radius 1 is 1.43 bits per heavy atom. The third kappa shape index (κ3) is 2.61. The highest BCUT2D eigenvalue weighted by Crippen LogP contribution is 2.25. The van der Waals surface area contributed by atoms with Gasteiger partial charge in [-0.05, 0) is 25.7 Å². The molecule has 1 fully saturated rings. The Morgan fingerprint density at radius 3 is 2.64 bits per heavy atom. The number of rotatable bonds is 3. The number of halogens is 1. The Balaban J connectivity index is 2.76. The van der Waals surface area contributed by atoms with E-state index >= 15 is 0 Å². The Kier molecular flexibility index (Phi) is 4.22. The fourth-order valence-electron chi connectivity index (χ4n) is 1.90. The molecule has 0 aromatic rings. The van der Waals surface area contributed by atoms with Gasteiger partial charge in [-0.3, -0.25) is 0 Å². The molecule has 0 spiro atoms. The summed E-state index contributed by atoms with van der Waals surface area (Å²) >= 11 is 5.48. The van der Waals surface area contributed by atoms with Gasteiger partial charge in [0.2, 0.25) is 10.0 Å². The van der Waals surface area contributed by atoms with Crippen molar-refractivity contribution in [2.24, 2.45) is 5.92 Å². The lowest BCUT2D eigenvalue weighted by Gasteiger charge is -2.36. The average molecular weight is 240 g/mol. The molecule has 1 saturated heterocycles. The van der Waals surface area contributed by atoms with Crippen molar-refractivity contribution in [1.82, 2.24) is 4.31 Å². The van der Waals surface area contributed by atoms with Crippen molar-refractivity contribution in [3.63, 3.8) is 0 Å². The summed E-state index contributed by atoms with van der Waals surface area (Å²) in [5.41, 5.74) is 0.